The summed E-state index contributed by atoms with van der Waals surface area (Å²) in [6.45, 7) is 8.82. The summed E-state index contributed by atoms with van der Waals surface area (Å²) in [5.41, 5.74) is 2.43. The third-order valence-electron chi connectivity index (χ3n) is 5.65. The number of carboxylic acids is 1. The Hall–Kier alpha value is -2.15. The third kappa shape index (κ3) is 3.82. The second-order valence-electron chi connectivity index (χ2n) is 7.17. The molecule has 142 valence electrons. The number of carbonyl (C=O) groups is 2. The zero-order chi connectivity index (χ0) is 18.7. The topological polar surface area (TPSA) is 78.7 Å². The minimum atomic E-state index is -0.866. The van der Waals surface area contributed by atoms with Gasteiger partial charge < -0.3 is 10.0 Å². The van der Waals surface area contributed by atoms with Crippen LogP contribution in [0, 0.1) is 18.8 Å². The molecule has 1 aliphatic heterocycles. The molecule has 1 N–H and O–H groups in total. The van der Waals surface area contributed by atoms with Crippen LogP contribution in [0.5, 0.6) is 0 Å². The molecule has 1 saturated heterocycles. The van der Waals surface area contributed by atoms with Gasteiger partial charge in [0.1, 0.15) is 0 Å². The number of carbonyl (C=O) groups excluding carboxylic acids is 1. The van der Waals surface area contributed by atoms with E-state index in [1.54, 1.807) is 0 Å². The average molecular weight is 360 g/mol. The van der Waals surface area contributed by atoms with Crippen LogP contribution in [0.3, 0.4) is 0 Å². The van der Waals surface area contributed by atoms with Crippen molar-refractivity contribution in [2.45, 2.75) is 39.8 Å². The Morgan fingerprint density at radius 2 is 1.81 bits per heavy atom. The number of carboxylic acid groups (broad SMARTS) is 1. The molecule has 0 aromatic carbocycles. The second kappa shape index (κ2) is 8.03. The van der Waals surface area contributed by atoms with E-state index in [-0.39, 0.29) is 5.91 Å². The molecule has 1 aliphatic carbocycles. The zero-order valence-corrected chi connectivity index (χ0v) is 15.6. The molecular weight excluding hydrogens is 332 g/mol. The average Bonchev–Trinajstić information content (AvgIpc) is 3.01. The van der Waals surface area contributed by atoms with Crippen molar-refractivity contribution in [3.63, 3.8) is 0 Å². The van der Waals surface area contributed by atoms with E-state index >= 15 is 0 Å². The van der Waals surface area contributed by atoms with Crippen LogP contribution in [0.25, 0.3) is 0 Å². The van der Waals surface area contributed by atoms with E-state index in [2.05, 4.69) is 23.8 Å². The maximum Gasteiger partial charge on any atom is 0.307 e. The van der Waals surface area contributed by atoms with E-state index in [4.69, 9.17) is 0 Å². The summed E-state index contributed by atoms with van der Waals surface area (Å²) in [6, 6.07) is 0. The monoisotopic (exact) mass is 360 g/mol. The SMILES string of the molecule is CCn1ncc(CN2CCN(C(=O)C3CC=CCC3C(=O)O)CC2)c1C. The maximum atomic E-state index is 12.8. The lowest BCUT2D eigenvalue weighted by Gasteiger charge is -2.37. The number of amides is 1. The molecule has 1 amide bonds. The predicted molar refractivity (Wildman–Crippen MR) is 97.5 cm³/mol. The first-order valence-corrected chi connectivity index (χ1v) is 9.41. The first-order valence-electron chi connectivity index (χ1n) is 9.41. The number of aromatic nitrogens is 2. The first kappa shape index (κ1) is 18.6. The molecule has 1 fully saturated rings. The highest BCUT2D eigenvalue weighted by Gasteiger charge is 2.37. The summed E-state index contributed by atoms with van der Waals surface area (Å²) >= 11 is 0. The summed E-state index contributed by atoms with van der Waals surface area (Å²) < 4.78 is 2.00. The normalized spacial score (nSPS) is 24.0. The fourth-order valence-electron chi connectivity index (χ4n) is 3.92. The Morgan fingerprint density at radius 3 is 2.38 bits per heavy atom. The van der Waals surface area contributed by atoms with E-state index in [1.165, 1.54) is 11.3 Å². The molecule has 0 saturated carbocycles. The molecule has 26 heavy (non-hydrogen) atoms. The molecule has 2 unspecified atom stereocenters. The number of nitrogens with zero attached hydrogens (tertiary/aromatic N) is 4. The van der Waals surface area contributed by atoms with Gasteiger partial charge in [0.2, 0.25) is 5.91 Å². The van der Waals surface area contributed by atoms with Crippen molar-refractivity contribution in [3.8, 4) is 0 Å². The fourth-order valence-corrected chi connectivity index (χ4v) is 3.92. The van der Waals surface area contributed by atoms with Gasteiger partial charge in [-0.2, -0.15) is 5.10 Å². The molecular formula is C19H28N4O3. The minimum Gasteiger partial charge on any atom is -0.481 e. The van der Waals surface area contributed by atoms with E-state index in [1.807, 2.05) is 27.9 Å². The van der Waals surface area contributed by atoms with Crippen molar-refractivity contribution in [2.75, 3.05) is 26.2 Å². The van der Waals surface area contributed by atoms with E-state index in [9.17, 15) is 14.7 Å². The molecule has 0 bridgehead atoms. The molecule has 2 heterocycles. The summed E-state index contributed by atoms with van der Waals surface area (Å²) in [4.78, 5) is 28.5. The van der Waals surface area contributed by atoms with Gasteiger partial charge in [0.15, 0.2) is 0 Å². The Bertz CT molecular complexity index is 689. The van der Waals surface area contributed by atoms with E-state index in [0.717, 1.165) is 26.2 Å². The molecule has 2 aliphatic rings. The number of allylic oxidation sites excluding steroid dienone is 2. The quantitative estimate of drug-likeness (QED) is 0.806. The minimum absolute atomic E-state index is 0.00335. The Labute approximate surface area is 154 Å². The van der Waals surface area contributed by atoms with Crippen LogP contribution in [0.15, 0.2) is 18.3 Å². The first-order chi connectivity index (χ1) is 12.5. The van der Waals surface area contributed by atoms with Crippen molar-refractivity contribution >= 4 is 11.9 Å². The molecule has 1 aromatic heterocycles. The highest BCUT2D eigenvalue weighted by Crippen LogP contribution is 2.28. The molecule has 7 nitrogen and oxygen atoms in total. The molecule has 7 heteroatoms. The number of piperazine rings is 1. The molecule has 1 aromatic rings. The maximum absolute atomic E-state index is 12.8. The molecule has 0 radical (unpaired) electrons. The Balaban J connectivity index is 1.56. The van der Waals surface area contributed by atoms with Gasteiger partial charge in [-0.05, 0) is 26.7 Å². The zero-order valence-electron chi connectivity index (χ0n) is 15.6. The van der Waals surface area contributed by atoms with Crippen molar-refractivity contribution < 1.29 is 14.7 Å². The van der Waals surface area contributed by atoms with Crippen LogP contribution in [-0.2, 0) is 22.7 Å². The van der Waals surface area contributed by atoms with Crippen LogP contribution in [0.1, 0.15) is 31.0 Å². The van der Waals surface area contributed by atoms with Crippen LogP contribution in [0.4, 0.5) is 0 Å². The lowest BCUT2D eigenvalue weighted by molar-refractivity contribution is -0.151. The summed E-state index contributed by atoms with van der Waals surface area (Å²) in [6.07, 6.45) is 6.73. The number of hydrogen-bond acceptors (Lipinski definition) is 4. The number of aryl methyl sites for hydroxylation is 1. The largest absolute Gasteiger partial charge is 0.481 e. The van der Waals surface area contributed by atoms with Crippen molar-refractivity contribution in [1.82, 2.24) is 19.6 Å². The Kier molecular flexibility index (Phi) is 5.76. The smallest absolute Gasteiger partial charge is 0.307 e. The summed E-state index contributed by atoms with van der Waals surface area (Å²) in [5.74, 6) is -1.88. The van der Waals surface area contributed by atoms with E-state index in [0.29, 0.717) is 25.9 Å². The highest BCUT2D eigenvalue weighted by atomic mass is 16.4. The van der Waals surface area contributed by atoms with Crippen LogP contribution < -0.4 is 0 Å². The van der Waals surface area contributed by atoms with Gasteiger partial charge in [-0.25, -0.2) is 0 Å². The molecule has 0 spiro atoms. The van der Waals surface area contributed by atoms with E-state index < -0.39 is 17.8 Å². The Morgan fingerprint density at radius 1 is 1.15 bits per heavy atom. The van der Waals surface area contributed by atoms with Crippen molar-refractivity contribution in [1.29, 1.82) is 0 Å². The standard InChI is InChI=1S/C19H28N4O3/c1-3-23-14(2)15(12-20-23)13-21-8-10-22(11-9-21)18(24)16-6-4-5-7-17(16)19(25)26/h4-5,12,16-17H,3,6-11,13H2,1-2H3,(H,25,26). The second-order valence-corrected chi connectivity index (χ2v) is 7.17. The van der Waals surface area contributed by atoms with Gasteiger partial charge in [0.05, 0.1) is 18.0 Å². The number of aliphatic carboxylic acids is 1. The van der Waals surface area contributed by atoms with Crippen LogP contribution >= 0.6 is 0 Å². The number of hydrogen-bond donors (Lipinski definition) is 1. The predicted octanol–water partition coefficient (Wildman–Crippen LogP) is 1.52. The third-order valence-corrected chi connectivity index (χ3v) is 5.65. The van der Waals surface area contributed by atoms with Crippen molar-refractivity contribution in [2.24, 2.45) is 11.8 Å². The van der Waals surface area contributed by atoms with Crippen molar-refractivity contribution in [3.05, 3.63) is 29.6 Å². The lowest BCUT2D eigenvalue weighted by Crippen LogP contribution is -2.51. The van der Waals surface area contributed by atoms with Gasteiger partial charge in [0.25, 0.3) is 0 Å². The number of rotatable bonds is 5. The molecule has 3 rings (SSSR count). The lowest BCUT2D eigenvalue weighted by atomic mass is 9.82. The highest BCUT2D eigenvalue weighted by molar-refractivity contribution is 5.85. The van der Waals surface area contributed by atoms with Gasteiger partial charge in [-0.1, -0.05) is 12.2 Å². The van der Waals surface area contributed by atoms with Gasteiger partial charge in [-0.15, -0.1) is 0 Å². The van der Waals surface area contributed by atoms with Gasteiger partial charge in [0, 0.05) is 50.5 Å². The summed E-state index contributed by atoms with van der Waals surface area (Å²) in [5, 5.41) is 13.8. The fraction of sp³-hybridized carbons (Fsp3) is 0.632. The van der Waals surface area contributed by atoms with Gasteiger partial charge in [-0.3, -0.25) is 19.2 Å². The van der Waals surface area contributed by atoms with Crippen LogP contribution in [0.2, 0.25) is 0 Å². The molecule has 2 atom stereocenters. The summed E-state index contributed by atoms with van der Waals surface area (Å²) in [7, 11) is 0. The van der Waals surface area contributed by atoms with Gasteiger partial charge >= 0.3 is 5.97 Å². The van der Waals surface area contributed by atoms with Crippen LogP contribution in [-0.4, -0.2) is 62.7 Å².